The Balaban J connectivity index is 0.000000381. The van der Waals surface area contributed by atoms with Crippen LogP contribution in [0.3, 0.4) is 0 Å². The molecular formula is C50H79N3O4. The molecule has 1 amide bonds. The number of likely N-dealkylation sites (N-methyl/N-ethyl adjacent to an activating group) is 1. The molecule has 3 atom stereocenters. The average Bonchev–Trinajstić information content (AvgIpc) is 3.42. The van der Waals surface area contributed by atoms with Crippen molar-refractivity contribution in [3.05, 3.63) is 119 Å². The molecule has 7 heteroatoms. The van der Waals surface area contributed by atoms with Gasteiger partial charge in [-0.1, -0.05) is 153 Å². The molecule has 0 radical (unpaired) electrons. The third-order valence-corrected chi connectivity index (χ3v) is 9.81. The lowest BCUT2D eigenvalue weighted by Gasteiger charge is -2.36. The molecule has 57 heavy (non-hydrogen) atoms. The maximum Gasteiger partial charge on any atom is 0.315 e. The second-order valence-corrected chi connectivity index (χ2v) is 19.7. The van der Waals surface area contributed by atoms with E-state index in [1.165, 1.54) is 16.7 Å². The monoisotopic (exact) mass is 786 g/mol. The minimum atomic E-state index is -0.176. The highest BCUT2D eigenvalue weighted by atomic mass is 16.5. The zero-order valence-electron chi connectivity index (χ0n) is 38.6. The van der Waals surface area contributed by atoms with Gasteiger partial charge < -0.3 is 25.4 Å². The first-order valence-electron chi connectivity index (χ1n) is 20.5. The third-order valence-electron chi connectivity index (χ3n) is 9.81. The van der Waals surface area contributed by atoms with Gasteiger partial charge in [-0.3, -0.25) is 9.59 Å². The van der Waals surface area contributed by atoms with E-state index in [2.05, 4.69) is 153 Å². The minimum absolute atomic E-state index is 0.0378. The number of benzene rings is 3. The summed E-state index contributed by atoms with van der Waals surface area (Å²) < 4.78 is 10.4. The standard InChI is InChI=1S/C14H21NO.C14H23N.C12H19N.C10H16O3/c1-11(16)15-13(14(2,3)4)10-12-8-6-5-7-9-12;1-14(2,3)13(15(4)5)11-12-9-7-6-8-10-12;1-12(2,3)11(13)9-10-7-5-4-6-8-10;1-7-8(5-9(11)13-7)6-12-10(2,3)4/h5-9,13H,10H2,1-4H3,(H,15,16);6-10,13H,11H2,1-5H3;4-8,11H,9,13H2,1-3H3;5-6H2,1-4H3. The van der Waals surface area contributed by atoms with E-state index in [9.17, 15) is 9.59 Å². The van der Waals surface area contributed by atoms with Crippen molar-refractivity contribution >= 4 is 11.9 Å². The lowest BCUT2D eigenvalue weighted by Crippen LogP contribution is -2.44. The number of carbonyl (C=O) groups is 2. The molecular weight excluding hydrogens is 707 g/mol. The Morgan fingerprint density at radius 1 is 0.702 bits per heavy atom. The van der Waals surface area contributed by atoms with Crippen molar-refractivity contribution in [3.8, 4) is 0 Å². The van der Waals surface area contributed by atoms with Crippen molar-refractivity contribution in [2.45, 2.75) is 146 Å². The first kappa shape index (κ1) is 51.2. The Hall–Kier alpha value is -3.78. The second kappa shape index (κ2) is 23.6. The number of nitrogens with two attached hydrogens (primary N) is 1. The fraction of sp³-hybridized carbons (Fsp3) is 0.560. The first-order valence-corrected chi connectivity index (χ1v) is 20.5. The normalized spacial score (nSPS) is 14.8. The number of ether oxygens (including phenoxy) is 2. The van der Waals surface area contributed by atoms with Crippen molar-refractivity contribution in [1.29, 1.82) is 0 Å². The van der Waals surface area contributed by atoms with E-state index < -0.39 is 0 Å². The van der Waals surface area contributed by atoms with Crippen molar-refractivity contribution < 1.29 is 19.1 Å². The van der Waals surface area contributed by atoms with Crippen LogP contribution in [0.4, 0.5) is 0 Å². The van der Waals surface area contributed by atoms with Gasteiger partial charge in [0.1, 0.15) is 5.76 Å². The van der Waals surface area contributed by atoms with Crippen molar-refractivity contribution in [2.75, 3.05) is 20.7 Å². The molecule has 0 aliphatic carbocycles. The molecule has 1 aliphatic rings. The molecule has 7 nitrogen and oxygen atoms in total. The zero-order valence-corrected chi connectivity index (χ0v) is 38.6. The molecule has 0 spiro atoms. The summed E-state index contributed by atoms with van der Waals surface area (Å²) >= 11 is 0. The van der Waals surface area contributed by atoms with E-state index in [4.69, 9.17) is 15.2 Å². The number of cyclic esters (lactones) is 1. The third kappa shape index (κ3) is 22.7. The van der Waals surface area contributed by atoms with E-state index >= 15 is 0 Å². The lowest BCUT2D eigenvalue weighted by atomic mass is 9.82. The Labute approximate surface area is 348 Å². The van der Waals surface area contributed by atoms with E-state index in [0.717, 1.165) is 24.8 Å². The summed E-state index contributed by atoms with van der Waals surface area (Å²) in [4.78, 5) is 24.4. The van der Waals surface area contributed by atoms with E-state index in [1.807, 2.05) is 45.0 Å². The quantitative estimate of drug-likeness (QED) is 0.199. The van der Waals surface area contributed by atoms with E-state index in [-0.39, 0.29) is 40.4 Å². The van der Waals surface area contributed by atoms with Gasteiger partial charge in [-0.05, 0) is 94.0 Å². The fourth-order valence-electron chi connectivity index (χ4n) is 5.98. The highest BCUT2D eigenvalue weighted by molar-refractivity contribution is 5.76. The van der Waals surface area contributed by atoms with Crippen LogP contribution in [0.5, 0.6) is 0 Å². The molecule has 1 aliphatic heterocycles. The molecule has 0 aromatic heterocycles. The van der Waals surface area contributed by atoms with Crippen LogP contribution in [-0.2, 0) is 38.3 Å². The van der Waals surface area contributed by atoms with Gasteiger partial charge in [0.05, 0.1) is 18.6 Å². The predicted molar refractivity (Wildman–Crippen MR) is 241 cm³/mol. The number of carbonyl (C=O) groups excluding carboxylic acids is 2. The fourth-order valence-corrected chi connectivity index (χ4v) is 5.98. The minimum Gasteiger partial charge on any atom is -0.431 e. The first-order chi connectivity index (χ1) is 26.2. The molecule has 318 valence electrons. The molecule has 3 aromatic rings. The van der Waals surface area contributed by atoms with Crippen molar-refractivity contribution in [1.82, 2.24) is 10.2 Å². The second-order valence-electron chi connectivity index (χ2n) is 19.7. The van der Waals surface area contributed by atoms with Gasteiger partial charge in [0, 0.05) is 30.6 Å². The number of allylic oxidation sites excluding steroid dienone is 1. The Morgan fingerprint density at radius 3 is 1.44 bits per heavy atom. The molecule has 0 saturated heterocycles. The summed E-state index contributed by atoms with van der Waals surface area (Å²) in [6.07, 6.45) is 3.34. The molecule has 3 N–H and O–H groups in total. The molecule has 0 fully saturated rings. The number of nitrogens with one attached hydrogen (secondary N) is 1. The SMILES string of the molecule is CC(=O)NC(Cc1ccccc1)C(C)(C)C.CC(C)(C)C(N)Cc1ccccc1.CC1=C(COC(C)(C)C)CC(=O)O1.CN(C)C(Cc1ccccc1)C(C)(C)C. The van der Waals surface area contributed by atoms with Crippen LogP contribution in [0.15, 0.2) is 102 Å². The maximum absolute atomic E-state index is 11.2. The summed E-state index contributed by atoms with van der Waals surface area (Å²) in [7, 11) is 4.33. The van der Waals surface area contributed by atoms with Crippen LogP contribution >= 0.6 is 0 Å². The van der Waals surface area contributed by atoms with Crippen LogP contribution in [-0.4, -0.2) is 61.2 Å². The van der Waals surface area contributed by atoms with Gasteiger partial charge >= 0.3 is 5.97 Å². The van der Waals surface area contributed by atoms with Gasteiger partial charge in [-0.25, -0.2) is 0 Å². The van der Waals surface area contributed by atoms with Crippen LogP contribution in [0.2, 0.25) is 0 Å². The largest absolute Gasteiger partial charge is 0.431 e. The van der Waals surface area contributed by atoms with Crippen LogP contribution in [0.1, 0.15) is 120 Å². The lowest BCUT2D eigenvalue weighted by molar-refractivity contribution is -0.136. The number of hydrogen-bond donors (Lipinski definition) is 2. The van der Waals surface area contributed by atoms with Gasteiger partial charge in [0.2, 0.25) is 5.91 Å². The Kier molecular flexibility index (Phi) is 21.2. The number of rotatable bonds is 10. The maximum atomic E-state index is 11.2. The molecule has 1 heterocycles. The molecule has 0 bridgehead atoms. The van der Waals surface area contributed by atoms with Crippen molar-refractivity contribution in [2.24, 2.45) is 22.0 Å². The summed E-state index contributed by atoms with van der Waals surface area (Å²) in [6, 6.07) is 32.4. The number of nitrogens with zero attached hydrogens (tertiary/aromatic N) is 1. The Bertz CT molecular complexity index is 1610. The predicted octanol–water partition coefficient (Wildman–Crippen LogP) is 10.6. The molecule has 4 rings (SSSR count). The number of amides is 1. The summed E-state index contributed by atoms with van der Waals surface area (Å²) in [5.74, 6) is 0.565. The Morgan fingerprint density at radius 2 is 1.12 bits per heavy atom. The highest BCUT2D eigenvalue weighted by Gasteiger charge is 2.27. The average molecular weight is 786 g/mol. The van der Waals surface area contributed by atoms with Crippen molar-refractivity contribution in [3.63, 3.8) is 0 Å². The van der Waals surface area contributed by atoms with Crippen LogP contribution < -0.4 is 11.1 Å². The highest BCUT2D eigenvalue weighted by Crippen LogP contribution is 2.26. The van der Waals surface area contributed by atoms with Gasteiger partial charge in [0.15, 0.2) is 0 Å². The topological polar surface area (TPSA) is 93.9 Å². The molecule has 3 unspecified atom stereocenters. The number of hydrogen-bond acceptors (Lipinski definition) is 6. The molecule has 3 aromatic carbocycles. The van der Waals surface area contributed by atoms with Crippen LogP contribution in [0.25, 0.3) is 0 Å². The van der Waals surface area contributed by atoms with E-state index in [1.54, 1.807) is 13.8 Å². The van der Waals surface area contributed by atoms with Gasteiger partial charge in [-0.15, -0.1) is 0 Å². The smallest absolute Gasteiger partial charge is 0.315 e. The summed E-state index contributed by atoms with van der Waals surface area (Å²) in [5.41, 5.74) is 11.5. The van der Waals surface area contributed by atoms with E-state index in [0.29, 0.717) is 30.2 Å². The number of esters is 1. The summed E-state index contributed by atoms with van der Waals surface area (Å²) in [5, 5.41) is 3.03. The summed E-state index contributed by atoms with van der Waals surface area (Å²) in [6.45, 7) is 29.7. The van der Waals surface area contributed by atoms with Crippen LogP contribution in [0, 0.1) is 16.2 Å². The van der Waals surface area contributed by atoms with Gasteiger partial charge in [-0.2, -0.15) is 0 Å². The zero-order chi connectivity index (χ0) is 43.6. The van der Waals surface area contributed by atoms with Gasteiger partial charge in [0.25, 0.3) is 0 Å². The molecule has 0 saturated carbocycles.